The van der Waals surface area contributed by atoms with Gasteiger partial charge in [0.25, 0.3) is 0 Å². The van der Waals surface area contributed by atoms with E-state index in [1.165, 1.54) is 85.8 Å². The molecule has 13 aromatic rings. The molecule has 3 nitrogen and oxygen atoms in total. The van der Waals surface area contributed by atoms with Gasteiger partial charge in [-0.1, -0.05) is 152 Å². The van der Waals surface area contributed by atoms with E-state index in [1.807, 2.05) is 11.3 Å². The van der Waals surface area contributed by atoms with E-state index in [-0.39, 0.29) is 0 Å². The van der Waals surface area contributed by atoms with Crippen molar-refractivity contribution in [2.45, 2.75) is 5.41 Å². The summed E-state index contributed by atoms with van der Waals surface area (Å²) in [6, 6.07) is 85.2. The quantitative estimate of drug-likeness (QED) is 0.175. The molecule has 2 aromatic heterocycles. The molecule has 2 aliphatic rings. The first-order valence-electron chi connectivity index (χ1n) is 23.0. The Morgan fingerprint density at radius 1 is 0.388 bits per heavy atom. The number of hydrogen-bond donors (Lipinski definition) is 0. The van der Waals surface area contributed by atoms with E-state index >= 15 is 0 Å². The zero-order valence-electron chi connectivity index (χ0n) is 36.2. The highest BCUT2D eigenvalue weighted by Gasteiger charge is 2.49. The molecule has 15 rings (SSSR count). The van der Waals surface area contributed by atoms with Gasteiger partial charge in [-0.05, 0) is 117 Å². The smallest absolute Gasteiger partial charge is 0.132 e. The van der Waals surface area contributed by atoms with Crippen molar-refractivity contribution in [2.75, 3.05) is 4.90 Å². The highest BCUT2D eigenvalue weighted by molar-refractivity contribution is 7.25. The van der Waals surface area contributed by atoms with Gasteiger partial charge in [-0.25, -0.2) is 0 Å². The highest BCUT2D eigenvalue weighted by atomic mass is 32.1. The van der Waals surface area contributed by atoms with Crippen LogP contribution in [0.25, 0.3) is 80.3 Å². The molecule has 1 aliphatic heterocycles. The fourth-order valence-electron chi connectivity index (χ4n) is 11.9. The molecule has 0 bridgehead atoms. The molecule has 312 valence electrons. The van der Waals surface area contributed by atoms with E-state index in [4.69, 9.17) is 4.74 Å². The van der Waals surface area contributed by atoms with Gasteiger partial charge >= 0.3 is 0 Å². The number of benzene rings is 11. The number of nitrogens with zero attached hydrogens (tertiary/aromatic N) is 2. The Morgan fingerprint density at radius 2 is 1.01 bits per heavy atom. The first-order chi connectivity index (χ1) is 33.2. The summed E-state index contributed by atoms with van der Waals surface area (Å²) in [5.74, 6) is 1.76. The summed E-state index contributed by atoms with van der Waals surface area (Å²) < 4.78 is 11.9. The van der Waals surface area contributed by atoms with Gasteiger partial charge < -0.3 is 14.2 Å². The summed E-state index contributed by atoms with van der Waals surface area (Å²) in [4.78, 5) is 2.49. The van der Waals surface area contributed by atoms with E-state index in [2.05, 4.69) is 240 Å². The third-order valence-corrected chi connectivity index (χ3v) is 15.8. The lowest BCUT2D eigenvalue weighted by molar-refractivity contribution is 0.435. The van der Waals surface area contributed by atoms with Crippen molar-refractivity contribution < 1.29 is 4.74 Å². The molecule has 0 atom stereocenters. The number of thiophene rings is 1. The Hall–Kier alpha value is -8.44. The molecule has 0 amide bonds. The molecule has 0 saturated carbocycles. The number of rotatable bonds is 4. The number of para-hydroxylation sites is 3. The van der Waals surface area contributed by atoms with Crippen LogP contribution < -0.4 is 9.64 Å². The largest absolute Gasteiger partial charge is 0.457 e. The second-order valence-electron chi connectivity index (χ2n) is 17.9. The molecule has 0 saturated heterocycles. The molecule has 1 aliphatic carbocycles. The number of ether oxygens (including phenoxy) is 1. The summed E-state index contributed by atoms with van der Waals surface area (Å²) >= 11 is 1.86. The maximum atomic E-state index is 6.80. The molecular formula is C63H38N2OS. The van der Waals surface area contributed by atoms with Gasteiger partial charge in [0.2, 0.25) is 0 Å². The molecule has 1 spiro atoms. The van der Waals surface area contributed by atoms with Crippen molar-refractivity contribution in [3.63, 3.8) is 0 Å². The van der Waals surface area contributed by atoms with Gasteiger partial charge in [-0.3, -0.25) is 0 Å². The maximum absolute atomic E-state index is 6.80. The van der Waals surface area contributed by atoms with Crippen molar-refractivity contribution in [2.24, 2.45) is 0 Å². The lowest BCUT2D eigenvalue weighted by Crippen LogP contribution is -2.36. The van der Waals surface area contributed by atoms with Crippen LogP contribution in [0.4, 0.5) is 17.1 Å². The van der Waals surface area contributed by atoms with Crippen LogP contribution in [0.2, 0.25) is 0 Å². The van der Waals surface area contributed by atoms with Crippen molar-refractivity contribution in [1.29, 1.82) is 0 Å². The zero-order valence-corrected chi connectivity index (χ0v) is 37.0. The van der Waals surface area contributed by atoms with Gasteiger partial charge in [-0.15, -0.1) is 11.3 Å². The zero-order chi connectivity index (χ0) is 43.8. The molecule has 0 fully saturated rings. The second-order valence-corrected chi connectivity index (χ2v) is 19.0. The van der Waals surface area contributed by atoms with Crippen LogP contribution in [0.3, 0.4) is 0 Å². The lowest BCUT2D eigenvalue weighted by atomic mass is 9.58. The van der Waals surface area contributed by atoms with E-state index in [1.54, 1.807) is 0 Å². The Morgan fingerprint density at radius 3 is 1.88 bits per heavy atom. The van der Waals surface area contributed by atoms with E-state index < -0.39 is 5.41 Å². The average molecular weight is 871 g/mol. The van der Waals surface area contributed by atoms with Crippen LogP contribution in [0.1, 0.15) is 22.3 Å². The summed E-state index contributed by atoms with van der Waals surface area (Å²) in [7, 11) is 0. The molecule has 11 aromatic carbocycles. The number of hydrogen-bond acceptors (Lipinski definition) is 3. The summed E-state index contributed by atoms with van der Waals surface area (Å²) in [6.45, 7) is 0. The van der Waals surface area contributed by atoms with Crippen LogP contribution in [-0.4, -0.2) is 4.57 Å². The van der Waals surface area contributed by atoms with Crippen molar-refractivity contribution in [3.05, 3.63) is 253 Å². The summed E-state index contributed by atoms with van der Waals surface area (Å²) in [5, 5.41) is 9.93. The minimum absolute atomic E-state index is 0.665. The lowest BCUT2D eigenvalue weighted by Gasteiger charge is -2.45. The van der Waals surface area contributed by atoms with Crippen molar-refractivity contribution >= 4 is 91.9 Å². The second kappa shape index (κ2) is 13.8. The third-order valence-electron chi connectivity index (χ3n) is 14.6. The number of fused-ring (bicyclic) bond motifs is 15. The topological polar surface area (TPSA) is 17.4 Å². The Bertz CT molecular complexity index is 4180. The molecular weight excluding hydrogens is 833 g/mol. The van der Waals surface area contributed by atoms with Gasteiger partial charge in [-0.2, -0.15) is 0 Å². The Labute approximate surface area is 390 Å². The molecule has 4 heteroatoms. The maximum Gasteiger partial charge on any atom is 0.132 e. The minimum Gasteiger partial charge on any atom is -0.457 e. The van der Waals surface area contributed by atoms with Gasteiger partial charge in [0.05, 0.1) is 22.1 Å². The van der Waals surface area contributed by atoms with Crippen LogP contribution >= 0.6 is 11.3 Å². The molecule has 0 radical (unpaired) electrons. The SMILES string of the molecule is c1ccc2c(c1)Oc1ccccc1C21c2cc(N(c3ccc4c(c3)c3ccccc3n4-c3ccc4sc5ccccc5c4c3)c3cccc4ccccc34)ccc2-c2cccc3cccc1c23. The molecule has 0 N–H and O–H groups in total. The number of anilines is 3. The number of aromatic nitrogens is 1. The first kappa shape index (κ1) is 36.9. The van der Waals surface area contributed by atoms with Crippen molar-refractivity contribution in [3.8, 4) is 28.3 Å². The van der Waals surface area contributed by atoms with E-state index in [0.717, 1.165) is 45.4 Å². The average Bonchev–Trinajstić information content (AvgIpc) is 3.93. The summed E-state index contributed by atoms with van der Waals surface area (Å²) in [5.41, 5.74) is 13.4. The van der Waals surface area contributed by atoms with Crippen LogP contribution in [0.15, 0.2) is 231 Å². The highest BCUT2D eigenvalue weighted by Crippen LogP contribution is 2.62. The first-order valence-corrected chi connectivity index (χ1v) is 23.8. The normalized spacial score (nSPS) is 13.3. The van der Waals surface area contributed by atoms with E-state index in [9.17, 15) is 0 Å². The molecule has 67 heavy (non-hydrogen) atoms. The van der Waals surface area contributed by atoms with E-state index in [0.29, 0.717) is 0 Å². The molecule has 3 heterocycles. The monoisotopic (exact) mass is 870 g/mol. The summed E-state index contributed by atoms with van der Waals surface area (Å²) in [6.07, 6.45) is 0. The van der Waals surface area contributed by atoms with Crippen LogP contribution in [0.5, 0.6) is 11.5 Å². The predicted molar refractivity (Wildman–Crippen MR) is 281 cm³/mol. The fraction of sp³-hybridized carbons (Fsp3) is 0.0159. The van der Waals surface area contributed by atoms with Gasteiger partial charge in [0, 0.05) is 64.5 Å². The predicted octanol–water partition coefficient (Wildman–Crippen LogP) is 17.4. The van der Waals surface area contributed by atoms with Crippen LogP contribution in [-0.2, 0) is 5.41 Å². The van der Waals surface area contributed by atoms with Gasteiger partial charge in [0.1, 0.15) is 11.5 Å². The van der Waals surface area contributed by atoms with Crippen molar-refractivity contribution in [1.82, 2.24) is 4.57 Å². The standard InChI is InChI=1S/C63H38N2OS/c1-2-18-44-39(14-1)15-13-26-55(44)64(41-31-34-57-49(36-41)46-19-3-7-25-56(46)65(57)42-32-35-61-50(37-42)47-20-4-10-29-60(47)67-61)43-30-33-45-48-21-11-16-40-17-12-24-53(62(40)48)63(54(45)38-43)51-22-5-8-27-58(51)66-59-28-9-6-23-52(59)63/h1-38H. The Balaban J connectivity index is 1.01. The van der Waals surface area contributed by atoms with Crippen LogP contribution in [0, 0.1) is 0 Å². The van der Waals surface area contributed by atoms with Gasteiger partial charge in [0.15, 0.2) is 0 Å². The Kier molecular flexibility index (Phi) is 7.58. The molecule has 0 unspecified atom stereocenters. The fourth-order valence-corrected chi connectivity index (χ4v) is 13.0. The minimum atomic E-state index is -0.665. The third kappa shape index (κ3) is 5.05.